The summed E-state index contributed by atoms with van der Waals surface area (Å²) in [4.78, 5) is 0. The zero-order chi connectivity index (χ0) is 16.4. The van der Waals surface area contributed by atoms with Crippen molar-refractivity contribution in [2.24, 2.45) is 0 Å². The molecule has 0 radical (unpaired) electrons. The van der Waals surface area contributed by atoms with Crippen LogP contribution in [0.15, 0.2) is 55.1 Å². The van der Waals surface area contributed by atoms with Crippen LogP contribution in [0.2, 0.25) is 0 Å². The quantitative estimate of drug-likeness (QED) is 0.549. The van der Waals surface area contributed by atoms with E-state index < -0.39 is 0 Å². The lowest BCUT2D eigenvalue weighted by molar-refractivity contribution is 0.886. The first-order valence-corrected chi connectivity index (χ1v) is 8.47. The molecule has 0 bridgehead atoms. The molecule has 0 nitrogen and oxygen atoms in total. The Bertz CT molecular complexity index is 542. The van der Waals surface area contributed by atoms with Crippen molar-refractivity contribution in [3.05, 3.63) is 66.2 Å². The molecular weight excluding hydrogens is 264 g/mol. The van der Waals surface area contributed by atoms with Gasteiger partial charge in [-0.1, -0.05) is 101 Å². The van der Waals surface area contributed by atoms with Gasteiger partial charge in [0.25, 0.3) is 0 Å². The third kappa shape index (κ3) is 5.89. The van der Waals surface area contributed by atoms with E-state index in [4.69, 9.17) is 0 Å². The lowest BCUT2D eigenvalue weighted by atomic mass is 10.00. The number of unbranched alkanes of at least 4 members (excludes halogenated alkanes) is 1. The van der Waals surface area contributed by atoms with Crippen molar-refractivity contribution < 1.29 is 0 Å². The summed E-state index contributed by atoms with van der Waals surface area (Å²) in [7, 11) is 0. The van der Waals surface area contributed by atoms with Crippen molar-refractivity contribution in [2.75, 3.05) is 0 Å². The van der Waals surface area contributed by atoms with Gasteiger partial charge in [-0.15, -0.1) is 0 Å². The van der Waals surface area contributed by atoms with Crippen molar-refractivity contribution in [1.29, 1.82) is 0 Å². The van der Waals surface area contributed by atoms with Crippen LogP contribution in [0.3, 0.4) is 0 Å². The van der Waals surface area contributed by atoms with Crippen LogP contribution in [-0.4, -0.2) is 0 Å². The normalized spacial score (nSPS) is 9.82. The lowest BCUT2D eigenvalue weighted by Crippen LogP contribution is -1.84. The summed E-state index contributed by atoms with van der Waals surface area (Å²) in [6.07, 6.45) is 5.00. The van der Waals surface area contributed by atoms with Crippen molar-refractivity contribution in [2.45, 2.75) is 53.4 Å². The van der Waals surface area contributed by atoms with Gasteiger partial charge >= 0.3 is 0 Å². The third-order valence-electron chi connectivity index (χ3n) is 3.70. The summed E-state index contributed by atoms with van der Waals surface area (Å²) >= 11 is 0. The first-order valence-electron chi connectivity index (χ1n) is 8.47. The fourth-order valence-electron chi connectivity index (χ4n) is 2.10. The first kappa shape index (κ1) is 18.2. The summed E-state index contributed by atoms with van der Waals surface area (Å²) in [6.45, 7) is 12.6. The van der Waals surface area contributed by atoms with Crippen LogP contribution in [0, 0.1) is 0 Å². The van der Waals surface area contributed by atoms with Gasteiger partial charge in [-0.2, -0.15) is 0 Å². The van der Waals surface area contributed by atoms with Gasteiger partial charge in [0.15, 0.2) is 0 Å². The average Bonchev–Trinajstić information content (AvgIpc) is 2.56. The Morgan fingerprint density at radius 1 is 0.727 bits per heavy atom. The maximum absolute atomic E-state index is 3.96. The monoisotopic (exact) mass is 294 g/mol. The highest BCUT2D eigenvalue weighted by Crippen LogP contribution is 2.22. The number of hydrogen-bond donors (Lipinski definition) is 0. The van der Waals surface area contributed by atoms with Crippen LogP contribution < -0.4 is 0 Å². The fraction of sp³-hybridized carbons (Fsp3) is 0.364. The second-order valence-electron chi connectivity index (χ2n) is 5.80. The molecule has 118 valence electrons. The van der Waals surface area contributed by atoms with Gasteiger partial charge in [0.1, 0.15) is 0 Å². The van der Waals surface area contributed by atoms with Crippen LogP contribution in [0.1, 0.15) is 58.1 Å². The van der Waals surface area contributed by atoms with Crippen LogP contribution >= 0.6 is 0 Å². The van der Waals surface area contributed by atoms with E-state index in [-0.39, 0.29) is 0 Å². The maximum atomic E-state index is 3.96. The van der Waals surface area contributed by atoms with Gasteiger partial charge < -0.3 is 0 Å². The molecule has 0 saturated carbocycles. The SMILES string of the molecule is C=C(C)c1ccc(-c2ccc(CCC)cc2)cc1.CCCC. The van der Waals surface area contributed by atoms with E-state index in [0.717, 1.165) is 12.0 Å². The molecule has 0 fully saturated rings. The van der Waals surface area contributed by atoms with E-state index in [1.165, 1.54) is 41.5 Å². The molecule has 0 heteroatoms. The maximum Gasteiger partial charge on any atom is -0.0184 e. The van der Waals surface area contributed by atoms with E-state index in [1.807, 2.05) is 6.92 Å². The van der Waals surface area contributed by atoms with Gasteiger partial charge in [0.2, 0.25) is 0 Å². The van der Waals surface area contributed by atoms with Gasteiger partial charge in [0.05, 0.1) is 0 Å². The zero-order valence-electron chi connectivity index (χ0n) is 14.7. The lowest BCUT2D eigenvalue weighted by Gasteiger charge is -2.05. The third-order valence-corrected chi connectivity index (χ3v) is 3.70. The molecule has 22 heavy (non-hydrogen) atoms. The molecule has 0 aliphatic heterocycles. The Hall–Kier alpha value is -1.82. The summed E-state index contributed by atoms with van der Waals surface area (Å²) in [5.74, 6) is 0. The summed E-state index contributed by atoms with van der Waals surface area (Å²) in [6, 6.07) is 17.5. The number of hydrogen-bond acceptors (Lipinski definition) is 0. The number of aryl methyl sites for hydroxylation is 1. The Morgan fingerprint density at radius 2 is 1.18 bits per heavy atom. The second-order valence-corrected chi connectivity index (χ2v) is 5.80. The summed E-state index contributed by atoms with van der Waals surface area (Å²) < 4.78 is 0. The van der Waals surface area contributed by atoms with E-state index in [1.54, 1.807) is 0 Å². The Morgan fingerprint density at radius 3 is 1.55 bits per heavy atom. The smallest absolute Gasteiger partial charge is 0.0184 e. The van der Waals surface area contributed by atoms with Gasteiger partial charge in [-0.3, -0.25) is 0 Å². The van der Waals surface area contributed by atoms with Crippen LogP contribution in [0.5, 0.6) is 0 Å². The minimum absolute atomic E-state index is 1.11. The van der Waals surface area contributed by atoms with Crippen molar-refractivity contribution in [3.63, 3.8) is 0 Å². The molecule has 0 spiro atoms. The molecule has 0 amide bonds. The Labute approximate surface area is 136 Å². The predicted molar refractivity (Wildman–Crippen MR) is 101 cm³/mol. The van der Waals surface area contributed by atoms with E-state index in [9.17, 15) is 0 Å². The molecular formula is C22H30. The van der Waals surface area contributed by atoms with Crippen LogP contribution in [0.4, 0.5) is 0 Å². The second kappa shape index (κ2) is 10.00. The van der Waals surface area contributed by atoms with Crippen molar-refractivity contribution >= 4 is 5.57 Å². The van der Waals surface area contributed by atoms with E-state index in [2.05, 4.69) is 75.9 Å². The van der Waals surface area contributed by atoms with Gasteiger partial charge in [-0.05, 0) is 35.6 Å². The molecule has 0 aromatic heterocycles. The van der Waals surface area contributed by atoms with Crippen molar-refractivity contribution in [1.82, 2.24) is 0 Å². The minimum Gasteiger partial charge on any atom is -0.0955 e. The van der Waals surface area contributed by atoms with E-state index in [0.29, 0.717) is 0 Å². The van der Waals surface area contributed by atoms with Crippen molar-refractivity contribution in [3.8, 4) is 11.1 Å². The molecule has 0 N–H and O–H groups in total. The summed E-state index contributed by atoms with van der Waals surface area (Å²) in [5, 5.41) is 0. The highest BCUT2D eigenvalue weighted by atomic mass is 14.0. The fourth-order valence-corrected chi connectivity index (χ4v) is 2.10. The Balaban J connectivity index is 0.000000541. The molecule has 0 aliphatic carbocycles. The number of rotatable bonds is 5. The van der Waals surface area contributed by atoms with Crippen LogP contribution in [-0.2, 0) is 6.42 Å². The first-order chi connectivity index (χ1) is 10.6. The van der Waals surface area contributed by atoms with E-state index >= 15 is 0 Å². The molecule has 0 atom stereocenters. The van der Waals surface area contributed by atoms with Gasteiger partial charge in [0, 0.05) is 0 Å². The molecule has 0 aliphatic rings. The molecule has 0 saturated heterocycles. The molecule has 0 unspecified atom stereocenters. The molecule has 2 aromatic carbocycles. The number of benzene rings is 2. The minimum atomic E-state index is 1.11. The predicted octanol–water partition coefficient (Wildman–Crippen LogP) is 7.15. The largest absolute Gasteiger partial charge is 0.0955 e. The Kier molecular flexibility index (Phi) is 8.28. The molecule has 0 heterocycles. The summed E-state index contributed by atoms with van der Waals surface area (Å²) in [5.41, 5.74) is 6.28. The van der Waals surface area contributed by atoms with Gasteiger partial charge in [-0.25, -0.2) is 0 Å². The highest BCUT2D eigenvalue weighted by molar-refractivity contribution is 5.68. The standard InChI is InChI=1S/C18H20.C4H10/c1-4-5-15-6-8-17(9-7-15)18-12-10-16(11-13-18)14(2)3;1-3-4-2/h6-13H,2,4-5H2,1,3H3;3-4H2,1-2H3. The van der Waals surface area contributed by atoms with Crippen LogP contribution in [0.25, 0.3) is 16.7 Å². The highest BCUT2D eigenvalue weighted by Gasteiger charge is 1.99. The average molecular weight is 294 g/mol. The topological polar surface area (TPSA) is 0 Å². The number of allylic oxidation sites excluding steroid dienone is 1. The molecule has 2 aromatic rings. The molecule has 2 rings (SSSR count). The zero-order valence-corrected chi connectivity index (χ0v) is 14.7.